The van der Waals surface area contributed by atoms with E-state index in [1.165, 1.54) is 40.9 Å². The monoisotopic (exact) mass is 437 g/mol. The van der Waals surface area contributed by atoms with Gasteiger partial charge < -0.3 is 0 Å². The molecular formula is C24H17ClFNO2S. The van der Waals surface area contributed by atoms with Crippen molar-refractivity contribution in [3.63, 3.8) is 0 Å². The van der Waals surface area contributed by atoms with E-state index in [2.05, 4.69) is 0 Å². The van der Waals surface area contributed by atoms with E-state index < -0.39 is 5.82 Å². The third-order valence-corrected chi connectivity index (χ3v) is 6.10. The van der Waals surface area contributed by atoms with Crippen molar-refractivity contribution >= 4 is 40.8 Å². The van der Waals surface area contributed by atoms with Gasteiger partial charge in [-0.15, -0.1) is 0 Å². The van der Waals surface area contributed by atoms with Gasteiger partial charge in [-0.2, -0.15) is 0 Å². The van der Waals surface area contributed by atoms with Crippen molar-refractivity contribution < 1.29 is 14.0 Å². The van der Waals surface area contributed by atoms with E-state index in [4.69, 9.17) is 11.6 Å². The molecule has 3 aromatic carbocycles. The highest BCUT2D eigenvalue weighted by Crippen LogP contribution is 2.39. The zero-order valence-corrected chi connectivity index (χ0v) is 17.4. The summed E-state index contributed by atoms with van der Waals surface area (Å²) >= 11 is 7.18. The Morgan fingerprint density at radius 2 is 1.50 bits per heavy atom. The molecule has 0 N–H and O–H groups in total. The minimum absolute atomic E-state index is 0.253. The molecule has 4 rings (SSSR count). The number of benzene rings is 3. The fraction of sp³-hybridized carbons (Fsp3) is 0.0833. The van der Waals surface area contributed by atoms with Gasteiger partial charge >= 0.3 is 0 Å². The molecule has 0 aromatic heterocycles. The molecule has 1 heterocycles. The molecule has 0 spiro atoms. The summed E-state index contributed by atoms with van der Waals surface area (Å²) in [6.45, 7) is 0.253. The van der Waals surface area contributed by atoms with Gasteiger partial charge in [0.05, 0.1) is 10.5 Å². The number of hydrogen-bond donors (Lipinski definition) is 0. The Morgan fingerprint density at radius 1 is 0.833 bits per heavy atom. The highest BCUT2D eigenvalue weighted by Gasteiger charge is 2.39. The third-order valence-electron chi connectivity index (χ3n) is 4.76. The normalized spacial score (nSPS) is 14.0. The molecule has 1 aliphatic rings. The van der Waals surface area contributed by atoms with Gasteiger partial charge in [-0.3, -0.25) is 14.5 Å². The molecule has 0 saturated heterocycles. The molecule has 0 aliphatic carbocycles. The van der Waals surface area contributed by atoms with Crippen molar-refractivity contribution in [2.24, 2.45) is 0 Å². The minimum atomic E-state index is -0.395. The van der Waals surface area contributed by atoms with Crippen molar-refractivity contribution in [2.45, 2.75) is 11.3 Å². The summed E-state index contributed by atoms with van der Waals surface area (Å²) in [5.41, 5.74) is 1.82. The van der Waals surface area contributed by atoms with Crippen LogP contribution >= 0.6 is 23.4 Å². The summed E-state index contributed by atoms with van der Waals surface area (Å²) in [6, 6.07) is 22.4. The average molecular weight is 438 g/mol. The minimum Gasteiger partial charge on any atom is -0.274 e. The van der Waals surface area contributed by atoms with Crippen LogP contribution in [0.2, 0.25) is 5.02 Å². The van der Waals surface area contributed by atoms with Gasteiger partial charge in [0.2, 0.25) is 0 Å². The fourth-order valence-electron chi connectivity index (χ4n) is 3.22. The van der Waals surface area contributed by atoms with Gasteiger partial charge in [0.15, 0.2) is 0 Å². The zero-order chi connectivity index (χ0) is 21.1. The molecule has 2 amide bonds. The molecule has 0 fully saturated rings. The first-order chi connectivity index (χ1) is 14.5. The Kier molecular flexibility index (Phi) is 6.02. The Bertz CT molecular complexity index is 1110. The predicted molar refractivity (Wildman–Crippen MR) is 117 cm³/mol. The van der Waals surface area contributed by atoms with Gasteiger partial charge in [-0.1, -0.05) is 65.8 Å². The number of thioether (sulfide) groups is 1. The van der Waals surface area contributed by atoms with E-state index in [0.717, 1.165) is 10.5 Å². The average Bonchev–Trinajstić information content (AvgIpc) is 2.98. The molecule has 3 aromatic rings. The number of carbonyl (C=O) groups is 2. The lowest BCUT2D eigenvalue weighted by molar-refractivity contribution is -0.136. The van der Waals surface area contributed by atoms with E-state index in [0.29, 0.717) is 27.5 Å². The number of nitrogens with zero attached hydrogens (tertiary/aromatic N) is 1. The number of rotatable bonds is 6. The number of amides is 2. The van der Waals surface area contributed by atoms with Crippen LogP contribution in [0.3, 0.4) is 0 Å². The lowest BCUT2D eigenvalue weighted by Gasteiger charge is -2.15. The van der Waals surface area contributed by atoms with Crippen LogP contribution in [0.25, 0.3) is 5.57 Å². The molecule has 6 heteroatoms. The van der Waals surface area contributed by atoms with Gasteiger partial charge in [0, 0.05) is 16.5 Å². The molecule has 0 atom stereocenters. The molecule has 30 heavy (non-hydrogen) atoms. The Balaban J connectivity index is 1.64. The van der Waals surface area contributed by atoms with Gasteiger partial charge in [0.1, 0.15) is 5.82 Å². The van der Waals surface area contributed by atoms with E-state index in [9.17, 15) is 14.0 Å². The second-order valence-corrected chi connectivity index (χ2v) is 8.28. The highest BCUT2D eigenvalue weighted by atomic mass is 35.5. The third kappa shape index (κ3) is 4.32. The van der Waals surface area contributed by atoms with Gasteiger partial charge in [-0.05, 0) is 53.9 Å². The predicted octanol–water partition coefficient (Wildman–Crippen LogP) is 5.59. The topological polar surface area (TPSA) is 37.4 Å². The van der Waals surface area contributed by atoms with Crippen LogP contribution in [-0.2, 0) is 16.0 Å². The molecule has 0 saturated carbocycles. The van der Waals surface area contributed by atoms with Crippen LogP contribution < -0.4 is 0 Å². The standard InChI is InChI=1S/C24H17ClFNO2S/c25-18-10-6-16(7-11-18)14-15-27-23(28)21(17-8-12-19(26)13-9-17)22(24(27)29)30-20-4-2-1-3-5-20/h1-13H,14-15H2. The summed E-state index contributed by atoms with van der Waals surface area (Å²) in [6.07, 6.45) is 0.522. The van der Waals surface area contributed by atoms with E-state index in [1.54, 1.807) is 12.1 Å². The number of halogens is 2. The number of hydrogen-bond acceptors (Lipinski definition) is 3. The molecule has 0 bridgehead atoms. The summed E-state index contributed by atoms with van der Waals surface area (Å²) in [4.78, 5) is 28.8. The maximum Gasteiger partial charge on any atom is 0.268 e. The van der Waals surface area contributed by atoms with E-state index >= 15 is 0 Å². The molecule has 0 radical (unpaired) electrons. The lowest BCUT2D eigenvalue weighted by atomic mass is 10.1. The fourth-order valence-corrected chi connectivity index (χ4v) is 4.38. The quantitative estimate of drug-likeness (QED) is 0.471. The summed E-state index contributed by atoms with van der Waals surface area (Å²) in [7, 11) is 0. The van der Waals surface area contributed by atoms with Crippen molar-refractivity contribution in [1.29, 1.82) is 0 Å². The second-order valence-electron chi connectivity index (χ2n) is 6.76. The molecular weight excluding hydrogens is 421 g/mol. The molecule has 0 unspecified atom stereocenters. The Hall–Kier alpha value is -2.89. The van der Waals surface area contributed by atoms with Gasteiger partial charge in [-0.25, -0.2) is 4.39 Å². The molecule has 150 valence electrons. The Morgan fingerprint density at radius 3 is 2.17 bits per heavy atom. The van der Waals surface area contributed by atoms with E-state index in [1.807, 2.05) is 42.5 Å². The van der Waals surface area contributed by atoms with Crippen LogP contribution in [0.5, 0.6) is 0 Å². The SMILES string of the molecule is O=C1C(Sc2ccccc2)=C(c2ccc(F)cc2)C(=O)N1CCc1ccc(Cl)cc1. The van der Waals surface area contributed by atoms with E-state index in [-0.39, 0.29) is 18.4 Å². The second kappa shape index (κ2) is 8.86. The summed E-state index contributed by atoms with van der Waals surface area (Å²) in [5, 5.41) is 0.633. The summed E-state index contributed by atoms with van der Waals surface area (Å²) in [5.74, 6) is -1.09. The van der Waals surface area contributed by atoms with Crippen molar-refractivity contribution in [1.82, 2.24) is 4.90 Å². The van der Waals surface area contributed by atoms with Crippen LogP contribution in [0.1, 0.15) is 11.1 Å². The van der Waals surface area contributed by atoms with Crippen molar-refractivity contribution in [3.8, 4) is 0 Å². The van der Waals surface area contributed by atoms with Crippen LogP contribution in [-0.4, -0.2) is 23.3 Å². The van der Waals surface area contributed by atoms with Crippen LogP contribution in [0.4, 0.5) is 4.39 Å². The number of imide groups is 1. The zero-order valence-electron chi connectivity index (χ0n) is 15.8. The lowest BCUT2D eigenvalue weighted by Crippen LogP contribution is -2.33. The van der Waals surface area contributed by atoms with Crippen molar-refractivity contribution in [2.75, 3.05) is 6.54 Å². The first kappa shape index (κ1) is 20.4. The molecule has 1 aliphatic heterocycles. The van der Waals surface area contributed by atoms with Crippen molar-refractivity contribution in [3.05, 3.63) is 106 Å². The van der Waals surface area contributed by atoms with Crippen LogP contribution in [0, 0.1) is 5.82 Å². The van der Waals surface area contributed by atoms with Gasteiger partial charge in [0.25, 0.3) is 11.8 Å². The summed E-state index contributed by atoms with van der Waals surface area (Å²) < 4.78 is 13.4. The smallest absolute Gasteiger partial charge is 0.268 e. The first-order valence-electron chi connectivity index (χ1n) is 9.36. The number of carbonyl (C=O) groups excluding carboxylic acids is 2. The Labute approximate surface area is 183 Å². The maximum absolute atomic E-state index is 13.4. The molecule has 3 nitrogen and oxygen atoms in total. The van der Waals surface area contributed by atoms with Crippen LogP contribution in [0.15, 0.2) is 88.7 Å². The first-order valence-corrected chi connectivity index (χ1v) is 10.6. The maximum atomic E-state index is 13.4. The highest BCUT2D eigenvalue weighted by molar-refractivity contribution is 8.04. The largest absolute Gasteiger partial charge is 0.274 e.